The fraction of sp³-hybridized carbons (Fsp3) is 0.462. The van der Waals surface area contributed by atoms with Crippen molar-refractivity contribution in [2.75, 3.05) is 7.11 Å². The van der Waals surface area contributed by atoms with E-state index in [-0.39, 0.29) is 10.8 Å². The number of hydrogen-bond acceptors (Lipinski definition) is 4. The Kier molecular flexibility index (Phi) is 6.41. The number of carbonyl (C=O) groups excluding carboxylic acids is 1. The number of ether oxygens (including phenoxy) is 1. The molecule has 1 N–H and O–H groups in total. The third-order valence-electron chi connectivity index (χ3n) is 2.61. The van der Waals surface area contributed by atoms with E-state index in [1.54, 1.807) is 12.1 Å². The average Bonchev–Trinajstić information content (AvgIpc) is 2.36. The van der Waals surface area contributed by atoms with Crippen LogP contribution in [0.25, 0.3) is 0 Å². The Hall–Kier alpha value is -0.670. The SMILES string of the molecule is COC(=O)[C@@H](CC(C)C)NS(=O)(=O)c1ccc(I)cc1. The number of methoxy groups -OCH3 is 1. The van der Waals surface area contributed by atoms with Gasteiger partial charge in [-0.3, -0.25) is 4.79 Å². The van der Waals surface area contributed by atoms with Crippen LogP contribution in [0.2, 0.25) is 0 Å². The van der Waals surface area contributed by atoms with Crippen LogP contribution in [-0.2, 0) is 19.6 Å². The van der Waals surface area contributed by atoms with Crippen LogP contribution in [0.3, 0.4) is 0 Å². The van der Waals surface area contributed by atoms with Crippen molar-refractivity contribution in [2.45, 2.75) is 31.2 Å². The van der Waals surface area contributed by atoms with E-state index < -0.39 is 22.0 Å². The zero-order valence-corrected chi connectivity index (χ0v) is 14.6. The molecular weight excluding hydrogens is 393 g/mol. The largest absolute Gasteiger partial charge is 0.468 e. The molecule has 7 heteroatoms. The van der Waals surface area contributed by atoms with Gasteiger partial charge in [0, 0.05) is 3.57 Å². The number of hydrogen-bond donors (Lipinski definition) is 1. The molecule has 1 atom stereocenters. The summed E-state index contributed by atoms with van der Waals surface area (Å²) in [5.74, 6) is -0.411. The molecule has 0 saturated carbocycles. The summed E-state index contributed by atoms with van der Waals surface area (Å²) in [6, 6.07) is 5.54. The molecule has 5 nitrogen and oxygen atoms in total. The van der Waals surface area contributed by atoms with E-state index in [0.29, 0.717) is 6.42 Å². The molecule has 0 saturated heterocycles. The van der Waals surface area contributed by atoms with Crippen LogP contribution in [0.4, 0.5) is 0 Å². The maximum Gasteiger partial charge on any atom is 0.323 e. The van der Waals surface area contributed by atoms with Crippen molar-refractivity contribution in [3.05, 3.63) is 27.8 Å². The van der Waals surface area contributed by atoms with Gasteiger partial charge in [0.05, 0.1) is 12.0 Å². The number of esters is 1. The summed E-state index contributed by atoms with van der Waals surface area (Å²) in [4.78, 5) is 11.8. The monoisotopic (exact) mass is 411 g/mol. The first kappa shape index (κ1) is 17.4. The topological polar surface area (TPSA) is 72.5 Å². The van der Waals surface area contributed by atoms with Gasteiger partial charge in [-0.2, -0.15) is 4.72 Å². The fourth-order valence-electron chi connectivity index (χ4n) is 1.68. The van der Waals surface area contributed by atoms with Crippen molar-refractivity contribution >= 4 is 38.6 Å². The molecule has 0 fully saturated rings. The number of nitrogens with one attached hydrogen (secondary N) is 1. The maximum atomic E-state index is 12.2. The van der Waals surface area contributed by atoms with E-state index in [2.05, 4.69) is 32.0 Å². The standard InChI is InChI=1S/C13H18INO4S/c1-9(2)8-12(13(16)19-3)15-20(17,18)11-6-4-10(14)5-7-11/h4-7,9,12,15H,8H2,1-3H3/t12-/m1/s1. The second kappa shape index (κ2) is 7.37. The number of carbonyl (C=O) groups is 1. The number of rotatable bonds is 6. The smallest absolute Gasteiger partial charge is 0.323 e. The second-order valence-electron chi connectivity index (χ2n) is 4.78. The molecule has 1 aromatic carbocycles. The summed E-state index contributed by atoms with van der Waals surface area (Å²) in [5.41, 5.74) is 0. The van der Waals surface area contributed by atoms with Crippen molar-refractivity contribution in [2.24, 2.45) is 5.92 Å². The Morgan fingerprint density at radius 1 is 1.30 bits per heavy atom. The van der Waals surface area contributed by atoms with Crippen LogP contribution in [0.15, 0.2) is 29.2 Å². The van der Waals surface area contributed by atoms with Gasteiger partial charge in [0.15, 0.2) is 0 Å². The third kappa shape index (κ3) is 5.02. The van der Waals surface area contributed by atoms with Gasteiger partial charge in [-0.25, -0.2) is 8.42 Å². The minimum absolute atomic E-state index is 0.135. The Bertz CT molecular complexity index is 554. The van der Waals surface area contributed by atoms with Crippen molar-refractivity contribution < 1.29 is 17.9 Å². The van der Waals surface area contributed by atoms with Crippen LogP contribution < -0.4 is 4.72 Å². The van der Waals surface area contributed by atoms with Gasteiger partial charge in [0.1, 0.15) is 6.04 Å². The molecule has 0 amide bonds. The van der Waals surface area contributed by atoms with Crippen LogP contribution in [0.5, 0.6) is 0 Å². The predicted octanol–water partition coefficient (Wildman–Crippen LogP) is 2.16. The lowest BCUT2D eigenvalue weighted by Crippen LogP contribution is -2.42. The Morgan fingerprint density at radius 3 is 2.30 bits per heavy atom. The van der Waals surface area contributed by atoms with Crippen molar-refractivity contribution in [1.29, 1.82) is 0 Å². The average molecular weight is 411 g/mol. The molecule has 0 aliphatic heterocycles. The molecule has 0 heterocycles. The minimum atomic E-state index is -3.73. The first-order chi connectivity index (χ1) is 9.26. The van der Waals surface area contributed by atoms with Gasteiger partial charge in [-0.15, -0.1) is 0 Å². The Labute approximate surface area is 133 Å². The van der Waals surface area contributed by atoms with Gasteiger partial charge < -0.3 is 4.74 Å². The first-order valence-corrected chi connectivity index (χ1v) is 8.68. The van der Waals surface area contributed by atoms with Gasteiger partial charge in [-0.05, 0) is 59.2 Å². The molecular formula is C13H18INO4S. The van der Waals surface area contributed by atoms with Crippen molar-refractivity contribution in [3.8, 4) is 0 Å². The molecule has 20 heavy (non-hydrogen) atoms. The molecule has 0 bridgehead atoms. The van der Waals surface area contributed by atoms with E-state index in [1.807, 2.05) is 13.8 Å². The quantitative estimate of drug-likeness (QED) is 0.575. The predicted molar refractivity (Wildman–Crippen MR) is 84.7 cm³/mol. The Morgan fingerprint density at radius 2 is 1.85 bits per heavy atom. The van der Waals surface area contributed by atoms with Gasteiger partial charge in [0.25, 0.3) is 0 Å². The molecule has 0 aromatic heterocycles. The fourth-order valence-corrected chi connectivity index (χ4v) is 3.23. The van der Waals surface area contributed by atoms with Crippen molar-refractivity contribution in [1.82, 2.24) is 4.72 Å². The third-order valence-corrected chi connectivity index (χ3v) is 4.82. The lowest BCUT2D eigenvalue weighted by atomic mass is 10.1. The molecule has 0 radical (unpaired) electrons. The lowest BCUT2D eigenvalue weighted by molar-refractivity contribution is -0.143. The van der Waals surface area contributed by atoms with Crippen LogP contribution in [0.1, 0.15) is 20.3 Å². The minimum Gasteiger partial charge on any atom is -0.468 e. The summed E-state index contributed by atoms with van der Waals surface area (Å²) in [6.07, 6.45) is 0.385. The molecule has 0 aliphatic carbocycles. The molecule has 1 rings (SSSR count). The van der Waals surface area contributed by atoms with E-state index in [9.17, 15) is 13.2 Å². The Balaban J connectivity index is 2.96. The molecule has 0 spiro atoms. The number of benzene rings is 1. The highest BCUT2D eigenvalue weighted by molar-refractivity contribution is 14.1. The normalized spacial score (nSPS) is 13.2. The van der Waals surface area contributed by atoms with Crippen LogP contribution in [0, 0.1) is 9.49 Å². The maximum absolute atomic E-state index is 12.2. The van der Waals surface area contributed by atoms with Gasteiger partial charge >= 0.3 is 5.97 Å². The van der Waals surface area contributed by atoms with Crippen LogP contribution >= 0.6 is 22.6 Å². The molecule has 0 aliphatic rings. The highest BCUT2D eigenvalue weighted by atomic mass is 127. The van der Waals surface area contributed by atoms with Crippen molar-refractivity contribution in [3.63, 3.8) is 0 Å². The molecule has 0 unspecified atom stereocenters. The summed E-state index contributed by atoms with van der Waals surface area (Å²) >= 11 is 2.09. The second-order valence-corrected chi connectivity index (χ2v) is 7.74. The first-order valence-electron chi connectivity index (χ1n) is 6.12. The van der Waals surface area contributed by atoms with Gasteiger partial charge in [0.2, 0.25) is 10.0 Å². The molecule has 112 valence electrons. The zero-order valence-electron chi connectivity index (χ0n) is 11.6. The molecule has 1 aromatic rings. The summed E-state index contributed by atoms with van der Waals surface area (Å²) in [6.45, 7) is 3.82. The highest BCUT2D eigenvalue weighted by Gasteiger charge is 2.27. The number of halogens is 1. The van der Waals surface area contributed by atoms with Crippen LogP contribution in [-0.4, -0.2) is 27.5 Å². The van der Waals surface area contributed by atoms with Gasteiger partial charge in [-0.1, -0.05) is 13.8 Å². The summed E-state index contributed by atoms with van der Waals surface area (Å²) in [5, 5.41) is 0. The van der Waals surface area contributed by atoms with E-state index in [4.69, 9.17) is 0 Å². The number of sulfonamides is 1. The van der Waals surface area contributed by atoms with E-state index >= 15 is 0 Å². The zero-order chi connectivity index (χ0) is 15.3. The van der Waals surface area contributed by atoms with E-state index in [0.717, 1.165) is 3.57 Å². The summed E-state index contributed by atoms with van der Waals surface area (Å²) < 4.78 is 32.5. The lowest BCUT2D eigenvalue weighted by Gasteiger charge is -2.18. The summed E-state index contributed by atoms with van der Waals surface area (Å²) in [7, 11) is -2.49. The van der Waals surface area contributed by atoms with E-state index in [1.165, 1.54) is 19.2 Å². The highest BCUT2D eigenvalue weighted by Crippen LogP contribution is 2.14.